The number of amides is 5. The van der Waals surface area contributed by atoms with Gasteiger partial charge < -0.3 is 41.5 Å². The Bertz CT molecular complexity index is 1870. The summed E-state index contributed by atoms with van der Waals surface area (Å²) in [5, 5.41) is 37.3. The van der Waals surface area contributed by atoms with Crippen molar-refractivity contribution in [1.29, 1.82) is 0 Å². The molecule has 7 N–H and O–H groups in total. The number of benzene rings is 2. The second-order valence-corrected chi connectivity index (χ2v) is 14.6. The van der Waals surface area contributed by atoms with Gasteiger partial charge in [-0.2, -0.15) is 0 Å². The second kappa shape index (κ2) is 16.1. The zero-order valence-electron chi connectivity index (χ0n) is 29.9. The summed E-state index contributed by atoms with van der Waals surface area (Å²) < 4.78 is 6.91. The van der Waals surface area contributed by atoms with Crippen LogP contribution in [0.15, 0.2) is 48.7 Å². The molecule has 5 amide bonds. The van der Waals surface area contributed by atoms with Gasteiger partial charge in [0.25, 0.3) is 11.8 Å². The van der Waals surface area contributed by atoms with Crippen molar-refractivity contribution in [1.82, 2.24) is 35.8 Å². The minimum atomic E-state index is -1.37. The minimum Gasteiger partial charge on any atom is -0.465 e. The van der Waals surface area contributed by atoms with Crippen molar-refractivity contribution in [3.63, 3.8) is 0 Å². The Kier molecular flexibility index (Phi) is 11.8. The molecule has 3 heterocycles. The molecular weight excluding hydrogens is 688 g/mol. The summed E-state index contributed by atoms with van der Waals surface area (Å²) in [6.07, 6.45) is 0.931. The number of hydrogen-bond acceptors (Lipinski definition) is 10. The summed E-state index contributed by atoms with van der Waals surface area (Å²) in [5.74, 6) is -4.10. The Balaban J connectivity index is 1.44. The highest BCUT2D eigenvalue weighted by molar-refractivity contribution is 6.37. The molecule has 17 nitrogen and oxygen atoms in total. The number of nitrogens with two attached hydrogens (primary N) is 1. The maximum absolute atomic E-state index is 14.7. The number of aliphatic hydroxyl groups is 1. The number of carbonyl (C=O) groups excluding carboxylic acids is 5. The topological polar surface area (TPSA) is 248 Å². The Hall–Kier alpha value is -5.42. The Morgan fingerprint density at radius 1 is 1.04 bits per heavy atom. The van der Waals surface area contributed by atoms with Gasteiger partial charge in [0.1, 0.15) is 17.7 Å². The van der Waals surface area contributed by atoms with Crippen LogP contribution in [0.1, 0.15) is 75.0 Å². The van der Waals surface area contributed by atoms with Crippen LogP contribution in [0, 0.1) is 5.41 Å². The van der Waals surface area contributed by atoms with E-state index in [1.54, 1.807) is 26.0 Å². The van der Waals surface area contributed by atoms with Crippen LogP contribution in [0.3, 0.4) is 0 Å². The van der Waals surface area contributed by atoms with Gasteiger partial charge in [-0.05, 0) is 62.4 Å². The average Bonchev–Trinajstić information content (AvgIpc) is 3.77. The third-order valence-electron chi connectivity index (χ3n) is 9.70. The van der Waals surface area contributed by atoms with Crippen LogP contribution in [-0.2, 0) is 29.5 Å². The number of nitrogens with one attached hydrogen (secondary N) is 3. The van der Waals surface area contributed by atoms with Crippen molar-refractivity contribution in [3.8, 4) is 0 Å². The summed E-state index contributed by atoms with van der Waals surface area (Å²) in [6.45, 7) is 5.79. The molecule has 2 saturated heterocycles. The lowest BCUT2D eigenvalue weighted by Gasteiger charge is -2.41. The normalized spacial score (nSPS) is 19.1. The quantitative estimate of drug-likeness (QED) is 0.0895. The highest BCUT2D eigenvalue weighted by Crippen LogP contribution is 2.35. The van der Waals surface area contributed by atoms with Gasteiger partial charge in [-0.1, -0.05) is 42.5 Å². The van der Waals surface area contributed by atoms with Gasteiger partial charge in [0.2, 0.25) is 17.6 Å². The number of nitrogens with zero attached hydrogens (tertiary/aromatic N) is 4. The molecule has 2 aliphatic heterocycles. The zero-order valence-corrected chi connectivity index (χ0v) is 29.9. The number of aromatic nitrogens is 3. The number of carbonyl (C=O) groups is 6. The molecule has 53 heavy (non-hydrogen) atoms. The zero-order chi connectivity index (χ0) is 38.5. The number of ether oxygens (including phenoxy) is 1. The molecule has 5 rings (SSSR count). The van der Waals surface area contributed by atoms with E-state index in [1.165, 1.54) is 15.8 Å². The van der Waals surface area contributed by atoms with Crippen molar-refractivity contribution in [3.05, 3.63) is 59.9 Å². The fraction of sp³-hybridized carbons (Fsp3) is 0.500. The molecule has 0 aliphatic carbocycles. The number of Topliss-reactive ketones (excluding diaryl/α,β-unsaturated/α-hetero) is 1. The van der Waals surface area contributed by atoms with E-state index < -0.39 is 70.7 Å². The van der Waals surface area contributed by atoms with Gasteiger partial charge in [0.05, 0.1) is 37.2 Å². The third-order valence-corrected chi connectivity index (χ3v) is 9.70. The van der Waals surface area contributed by atoms with E-state index in [1.807, 2.05) is 37.3 Å². The Morgan fingerprint density at radius 3 is 2.40 bits per heavy atom. The number of hydrogen-bond donors (Lipinski definition) is 6. The molecule has 4 atom stereocenters. The average molecular weight is 735 g/mol. The Morgan fingerprint density at radius 2 is 1.75 bits per heavy atom. The lowest BCUT2D eigenvalue weighted by atomic mass is 9.81. The summed E-state index contributed by atoms with van der Waals surface area (Å²) in [6, 6.07) is 8.50. The molecule has 2 aromatic carbocycles. The fourth-order valence-electron chi connectivity index (χ4n) is 6.85. The van der Waals surface area contributed by atoms with Crippen LogP contribution in [0.2, 0.25) is 0 Å². The first kappa shape index (κ1) is 38.8. The smallest absolute Gasteiger partial charge is 0.404 e. The van der Waals surface area contributed by atoms with Crippen molar-refractivity contribution in [2.75, 3.05) is 26.3 Å². The number of fused-ring (bicyclic) bond motifs is 1. The van der Waals surface area contributed by atoms with E-state index in [4.69, 9.17) is 15.6 Å². The molecule has 2 unspecified atom stereocenters. The molecule has 0 bridgehead atoms. The molecule has 284 valence electrons. The molecule has 1 aromatic heterocycles. The van der Waals surface area contributed by atoms with E-state index in [0.717, 1.165) is 10.8 Å². The van der Waals surface area contributed by atoms with Crippen molar-refractivity contribution < 1.29 is 43.7 Å². The van der Waals surface area contributed by atoms with Crippen LogP contribution in [0.25, 0.3) is 10.8 Å². The lowest BCUT2D eigenvalue weighted by molar-refractivity contribution is -0.145. The summed E-state index contributed by atoms with van der Waals surface area (Å²) in [7, 11) is 0. The van der Waals surface area contributed by atoms with Crippen LogP contribution in [0.5, 0.6) is 0 Å². The highest BCUT2D eigenvalue weighted by Gasteiger charge is 2.47. The van der Waals surface area contributed by atoms with E-state index in [9.17, 15) is 33.9 Å². The van der Waals surface area contributed by atoms with Crippen LogP contribution in [0.4, 0.5) is 4.79 Å². The number of likely N-dealkylation sites (tertiary alicyclic amines) is 1. The predicted octanol–water partition coefficient (Wildman–Crippen LogP) is 1.00. The summed E-state index contributed by atoms with van der Waals surface area (Å²) in [5.41, 5.74) is 4.18. The maximum Gasteiger partial charge on any atom is 0.404 e. The minimum absolute atomic E-state index is 0.00422. The largest absolute Gasteiger partial charge is 0.465 e. The van der Waals surface area contributed by atoms with E-state index in [2.05, 4.69) is 26.3 Å². The van der Waals surface area contributed by atoms with E-state index in [-0.39, 0.29) is 38.8 Å². The first-order chi connectivity index (χ1) is 25.1. The molecule has 3 aromatic rings. The SMILES string of the molecule is CC1(CC(NC(=O)c2ccc3ccccc3c2)C(=O)N2C[C@@H](n3nncc3C(C)(C)O)C[C@H]2C(=O)NC(CCCCNC(=O)O)C(=O)C(N)=O)COC1. The lowest BCUT2D eigenvalue weighted by Crippen LogP contribution is -2.58. The third kappa shape index (κ3) is 9.34. The molecule has 2 fully saturated rings. The van der Waals surface area contributed by atoms with Gasteiger partial charge in [-0.3, -0.25) is 24.0 Å². The standard InChI is InChI=1S/C36H46N8O9/c1-35(2,52)28-17-39-42-44(28)24-15-27(32(48)40-25(29(45)30(37)46)10-6-7-13-38-34(50)51)43(18-24)33(49)26(16-36(3)19-53-20-36)41-31(47)23-12-11-21-8-4-5-9-22(21)14-23/h4-5,8-9,11-12,14,17,24-27,38,52H,6-7,10,13,15-16,18-20H2,1-3H3,(H2,37,46)(H,40,48)(H,41,47)(H,50,51)/t24-,25?,26?,27-/m0/s1. The van der Waals surface area contributed by atoms with Crippen molar-refractivity contribution in [2.24, 2.45) is 11.1 Å². The van der Waals surface area contributed by atoms with Crippen LogP contribution in [-0.4, -0.2) is 110 Å². The number of unbranched alkanes of at least 4 members (excludes halogenated alkanes) is 1. The monoisotopic (exact) mass is 734 g/mol. The number of ketones is 1. The van der Waals surface area contributed by atoms with Gasteiger partial charge in [-0.25, -0.2) is 9.48 Å². The van der Waals surface area contributed by atoms with Crippen LogP contribution < -0.4 is 21.7 Å². The molecule has 0 spiro atoms. The Labute approximate surface area is 305 Å². The first-order valence-electron chi connectivity index (χ1n) is 17.5. The highest BCUT2D eigenvalue weighted by atomic mass is 16.5. The molecule has 0 saturated carbocycles. The molecule has 17 heteroatoms. The molecular formula is C36H46N8O9. The maximum atomic E-state index is 14.7. The number of rotatable bonds is 16. The van der Waals surface area contributed by atoms with Gasteiger partial charge in [0.15, 0.2) is 0 Å². The summed E-state index contributed by atoms with van der Waals surface area (Å²) >= 11 is 0. The summed E-state index contributed by atoms with van der Waals surface area (Å²) in [4.78, 5) is 79.5. The molecule has 2 aliphatic rings. The van der Waals surface area contributed by atoms with Gasteiger partial charge >= 0.3 is 6.09 Å². The van der Waals surface area contributed by atoms with E-state index in [0.29, 0.717) is 30.9 Å². The second-order valence-electron chi connectivity index (χ2n) is 14.6. The van der Waals surface area contributed by atoms with Crippen molar-refractivity contribution in [2.45, 2.75) is 82.6 Å². The fourth-order valence-corrected chi connectivity index (χ4v) is 6.85. The predicted molar refractivity (Wildman–Crippen MR) is 189 cm³/mol. The molecule has 0 radical (unpaired) electrons. The van der Waals surface area contributed by atoms with Crippen molar-refractivity contribution >= 4 is 46.3 Å². The van der Waals surface area contributed by atoms with Gasteiger partial charge in [0, 0.05) is 30.5 Å². The number of carboxylic acid groups (broad SMARTS) is 1. The first-order valence-corrected chi connectivity index (χ1v) is 17.5. The van der Waals surface area contributed by atoms with E-state index >= 15 is 0 Å². The van der Waals surface area contributed by atoms with Gasteiger partial charge in [-0.15, -0.1) is 5.10 Å². The van der Waals surface area contributed by atoms with Crippen LogP contribution >= 0.6 is 0 Å². The number of primary amides is 1.